The summed E-state index contributed by atoms with van der Waals surface area (Å²) in [6, 6.07) is 0. The molecule has 1 aromatic rings. The molecular weight excluding hydrogens is 238 g/mol. The quantitative estimate of drug-likeness (QED) is 0.791. The maximum atomic E-state index is 3.55. The smallest absolute Gasteiger partial charge is 0.0216 e. The molecule has 1 aromatic heterocycles. The zero-order chi connectivity index (χ0) is 13.4. The van der Waals surface area contributed by atoms with Gasteiger partial charge in [-0.25, -0.2) is 0 Å². The van der Waals surface area contributed by atoms with E-state index in [4.69, 9.17) is 0 Å². The first-order valence-electron chi connectivity index (χ1n) is 7.16. The van der Waals surface area contributed by atoms with Crippen LogP contribution in [-0.4, -0.2) is 6.54 Å². The minimum atomic E-state index is 0.352. The van der Waals surface area contributed by atoms with Gasteiger partial charge in [0.05, 0.1) is 0 Å². The molecule has 0 bridgehead atoms. The van der Waals surface area contributed by atoms with Gasteiger partial charge in [0.1, 0.15) is 0 Å². The fourth-order valence-corrected chi connectivity index (χ4v) is 4.77. The van der Waals surface area contributed by atoms with Gasteiger partial charge in [0, 0.05) is 11.4 Å². The van der Waals surface area contributed by atoms with Crippen molar-refractivity contribution in [3.63, 3.8) is 0 Å². The number of hydrogen-bond donors (Lipinski definition) is 1. The van der Waals surface area contributed by atoms with Crippen LogP contribution >= 0.6 is 11.3 Å². The largest absolute Gasteiger partial charge is 0.313 e. The van der Waals surface area contributed by atoms with Crippen molar-refractivity contribution in [1.29, 1.82) is 0 Å². The molecule has 0 aliphatic heterocycles. The number of rotatable bonds is 4. The van der Waals surface area contributed by atoms with E-state index in [1.807, 2.05) is 11.3 Å². The number of thiophene rings is 1. The van der Waals surface area contributed by atoms with Crippen LogP contribution in [0.1, 0.15) is 63.5 Å². The van der Waals surface area contributed by atoms with Crippen LogP contribution in [0.25, 0.3) is 0 Å². The van der Waals surface area contributed by atoms with Gasteiger partial charge in [-0.1, -0.05) is 34.6 Å². The highest BCUT2D eigenvalue weighted by Crippen LogP contribution is 2.49. The number of fused-ring (bicyclic) bond motifs is 1. The molecule has 0 saturated carbocycles. The molecule has 0 amide bonds. The molecule has 1 N–H and O–H groups in total. The average Bonchev–Trinajstić information content (AvgIpc) is 2.59. The van der Waals surface area contributed by atoms with Gasteiger partial charge in [0.15, 0.2) is 0 Å². The average molecular weight is 265 g/mol. The highest BCUT2D eigenvalue weighted by atomic mass is 32.1. The molecule has 0 fully saturated rings. The molecule has 1 aliphatic carbocycles. The number of hydrogen-bond acceptors (Lipinski definition) is 2. The zero-order valence-electron chi connectivity index (χ0n) is 12.5. The lowest BCUT2D eigenvalue weighted by atomic mass is 9.65. The molecule has 0 spiro atoms. The first-order chi connectivity index (χ1) is 8.36. The molecule has 102 valence electrons. The fourth-order valence-electron chi connectivity index (χ4n) is 3.55. The summed E-state index contributed by atoms with van der Waals surface area (Å²) in [4.78, 5) is 1.63. The summed E-state index contributed by atoms with van der Waals surface area (Å²) < 4.78 is 0. The van der Waals surface area contributed by atoms with E-state index >= 15 is 0 Å². The molecule has 2 rings (SSSR count). The molecule has 1 heterocycles. The van der Waals surface area contributed by atoms with Crippen molar-refractivity contribution < 1.29 is 0 Å². The monoisotopic (exact) mass is 265 g/mol. The molecule has 0 aromatic carbocycles. The molecule has 1 nitrogen and oxygen atoms in total. The summed E-state index contributed by atoms with van der Waals surface area (Å²) in [6.45, 7) is 14.0. The van der Waals surface area contributed by atoms with Crippen LogP contribution in [0.5, 0.6) is 0 Å². The van der Waals surface area contributed by atoms with Crippen LogP contribution in [0.3, 0.4) is 0 Å². The first-order valence-corrected chi connectivity index (χ1v) is 8.04. The minimum Gasteiger partial charge on any atom is -0.313 e. The second-order valence-electron chi connectivity index (χ2n) is 7.15. The van der Waals surface area contributed by atoms with E-state index in [9.17, 15) is 0 Å². The van der Waals surface area contributed by atoms with E-state index in [-0.39, 0.29) is 0 Å². The maximum absolute atomic E-state index is 3.55. The van der Waals surface area contributed by atoms with Crippen LogP contribution in [0.15, 0.2) is 5.38 Å². The number of nitrogens with one attached hydrogen (secondary N) is 1. The molecule has 1 aliphatic rings. The molecule has 18 heavy (non-hydrogen) atoms. The van der Waals surface area contributed by atoms with Crippen molar-refractivity contribution in [2.24, 2.45) is 5.41 Å². The van der Waals surface area contributed by atoms with Crippen LogP contribution in [0.4, 0.5) is 0 Å². The van der Waals surface area contributed by atoms with E-state index in [2.05, 4.69) is 45.3 Å². The van der Waals surface area contributed by atoms with E-state index < -0.39 is 0 Å². The molecule has 0 saturated heterocycles. The third-order valence-corrected chi connectivity index (χ3v) is 5.35. The van der Waals surface area contributed by atoms with Crippen molar-refractivity contribution in [2.75, 3.05) is 6.54 Å². The Bertz CT molecular complexity index is 415. The predicted molar refractivity (Wildman–Crippen MR) is 81.4 cm³/mol. The first kappa shape index (κ1) is 14.1. The molecule has 2 heteroatoms. The maximum Gasteiger partial charge on any atom is 0.0216 e. The highest BCUT2D eigenvalue weighted by molar-refractivity contribution is 7.10. The second-order valence-corrected chi connectivity index (χ2v) is 8.03. The summed E-state index contributed by atoms with van der Waals surface area (Å²) in [5, 5.41) is 5.93. The highest BCUT2D eigenvalue weighted by Gasteiger charge is 2.39. The van der Waals surface area contributed by atoms with Crippen LogP contribution in [0, 0.1) is 5.41 Å². The Labute approximate surface area is 116 Å². The molecule has 0 atom stereocenters. The van der Waals surface area contributed by atoms with E-state index in [0.717, 1.165) is 13.1 Å². The van der Waals surface area contributed by atoms with Gasteiger partial charge in [0.25, 0.3) is 0 Å². The lowest BCUT2D eigenvalue weighted by molar-refractivity contribution is 0.235. The van der Waals surface area contributed by atoms with Crippen LogP contribution in [0.2, 0.25) is 0 Å². The Hall–Kier alpha value is -0.340. The van der Waals surface area contributed by atoms with Gasteiger partial charge in [-0.15, -0.1) is 11.3 Å². The summed E-state index contributed by atoms with van der Waals surface area (Å²) in [6.07, 6.45) is 3.76. The van der Waals surface area contributed by atoms with E-state index in [1.165, 1.54) is 19.3 Å². The third kappa shape index (κ3) is 2.80. The van der Waals surface area contributed by atoms with E-state index in [1.54, 1.807) is 16.0 Å². The lowest BCUT2D eigenvalue weighted by Gasteiger charge is -2.41. The van der Waals surface area contributed by atoms with E-state index in [0.29, 0.717) is 10.8 Å². The van der Waals surface area contributed by atoms with Crippen molar-refractivity contribution in [3.8, 4) is 0 Å². The standard InChI is InChI=1S/C16H27NS/c1-6-7-17-9-12-10-18-14-13(12)8-15(2,3)11-16(14,4)5/h10,17H,6-9,11H2,1-5H3. The Morgan fingerprint density at radius 3 is 2.67 bits per heavy atom. The van der Waals surface area contributed by atoms with Gasteiger partial charge in [-0.2, -0.15) is 0 Å². The Kier molecular flexibility index (Phi) is 3.89. The topological polar surface area (TPSA) is 12.0 Å². The van der Waals surface area contributed by atoms with Crippen LogP contribution in [-0.2, 0) is 18.4 Å². The Morgan fingerprint density at radius 1 is 1.28 bits per heavy atom. The molecule has 0 unspecified atom stereocenters. The molecular formula is C16H27NS. The summed E-state index contributed by atoms with van der Waals surface area (Å²) >= 11 is 1.98. The van der Waals surface area contributed by atoms with Gasteiger partial charge in [0.2, 0.25) is 0 Å². The van der Waals surface area contributed by atoms with Crippen molar-refractivity contribution in [1.82, 2.24) is 5.32 Å². The van der Waals surface area contributed by atoms with Crippen LogP contribution < -0.4 is 5.32 Å². The summed E-state index contributed by atoms with van der Waals surface area (Å²) in [7, 11) is 0. The summed E-state index contributed by atoms with van der Waals surface area (Å²) in [5.41, 5.74) is 3.98. The fraction of sp³-hybridized carbons (Fsp3) is 0.750. The van der Waals surface area contributed by atoms with Crippen molar-refractivity contribution >= 4 is 11.3 Å². The summed E-state index contributed by atoms with van der Waals surface area (Å²) in [5.74, 6) is 0. The zero-order valence-corrected chi connectivity index (χ0v) is 13.3. The Morgan fingerprint density at radius 2 is 2.00 bits per heavy atom. The predicted octanol–water partition coefficient (Wildman–Crippen LogP) is 4.50. The minimum absolute atomic E-state index is 0.352. The Balaban J connectivity index is 2.25. The normalized spacial score (nSPS) is 20.7. The third-order valence-electron chi connectivity index (χ3n) is 3.91. The SMILES string of the molecule is CCCNCc1csc2c1CC(C)(C)CC2(C)C. The molecule has 0 radical (unpaired) electrons. The van der Waals surface area contributed by atoms with Gasteiger partial charge in [-0.05, 0) is 53.1 Å². The van der Waals surface area contributed by atoms with Crippen molar-refractivity contribution in [2.45, 2.75) is 65.8 Å². The van der Waals surface area contributed by atoms with Gasteiger partial charge >= 0.3 is 0 Å². The van der Waals surface area contributed by atoms with Crippen molar-refractivity contribution in [3.05, 3.63) is 21.4 Å². The van der Waals surface area contributed by atoms with Gasteiger partial charge < -0.3 is 5.32 Å². The van der Waals surface area contributed by atoms with Gasteiger partial charge in [-0.3, -0.25) is 0 Å². The lowest BCUT2D eigenvalue weighted by Crippen LogP contribution is -2.34. The second kappa shape index (κ2) is 4.97.